The zero-order valence-electron chi connectivity index (χ0n) is 18.8. The average molecular weight is 455 g/mol. The van der Waals surface area contributed by atoms with Gasteiger partial charge in [-0.05, 0) is 19.3 Å². The van der Waals surface area contributed by atoms with Gasteiger partial charge in [-0.2, -0.15) is 0 Å². The van der Waals surface area contributed by atoms with Gasteiger partial charge in [-0.25, -0.2) is 15.0 Å². The Bertz CT molecular complexity index is 905. The van der Waals surface area contributed by atoms with E-state index in [1.165, 1.54) is 12.7 Å². The summed E-state index contributed by atoms with van der Waals surface area (Å²) in [6.07, 6.45) is 1.42. The second-order valence-electron chi connectivity index (χ2n) is 8.17. The van der Waals surface area contributed by atoms with Crippen molar-refractivity contribution >= 4 is 25.0 Å². The van der Waals surface area contributed by atoms with Crippen LogP contribution in [0.2, 0.25) is 0 Å². The molecule has 6 atom stereocenters. The molecule has 0 aromatic carbocycles. The number of aliphatic hydroxyl groups excluding tert-OH is 2. The molecule has 1 aliphatic rings. The molecule has 11 heteroatoms. The Morgan fingerprint density at radius 2 is 1.97 bits per heavy atom. The summed E-state index contributed by atoms with van der Waals surface area (Å²) in [7, 11) is -0.513. The lowest BCUT2D eigenvalue weighted by Gasteiger charge is -2.35. The van der Waals surface area contributed by atoms with Gasteiger partial charge in [0, 0.05) is 19.1 Å². The van der Waals surface area contributed by atoms with Gasteiger partial charge in [-0.1, -0.05) is 27.7 Å². The maximum atomic E-state index is 12.7. The van der Waals surface area contributed by atoms with Crippen molar-refractivity contribution in [1.82, 2.24) is 19.5 Å². The number of hydrogen-bond acceptors (Lipinski definition) is 9. The van der Waals surface area contributed by atoms with Gasteiger partial charge in [0.05, 0.1) is 18.0 Å². The van der Waals surface area contributed by atoms with Crippen LogP contribution in [0.15, 0.2) is 12.7 Å². The van der Waals surface area contributed by atoms with E-state index in [1.54, 1.807) is 11.6 Å². The van der Waals surface area contributed by atoms with E-state index in [1.807, 2.05) is 27.7 Å². The van der Waals surface area contributed by atoms with Crippen molar-refractivity contribution in [2.24, 2.45) is 0 Å². The van der Waals surface area contributed by atoms with Crippen LogP contribution in [0.25, 0.3) is 11.2 Å². The highest BCUT2D eigenvalue weighted by Crippen LogP contribution is 2.44. The Balaban J connectivity index is 1.84. The second-order valence-corrected chi connectivity index (χ2v) is 10.00. The number of aliphatic hydroxyl groups is 2. The summed E-state index contributed by atoms with van der Waals surface area (Å²) in [6.45, 7) is 7.86. The van der Waals surface area contributed by atoms with E-state index in [9.17, 15) is 14.8 Å². The van der Waals surface area contributed by atoms with E-state index < -0.39 is 38.2 Å². The molecular weight excluding hydrogens is 421 g/mol. The number of nitrogens with one attached hydrogen (secondary N) is 1. The fraction of sp³-hybridized carbons (Fsp3) is 0.750. The zero-order chi connectivity index (χ0) is 22.8. The Labute approximate surface area is 183 Å². The van der Waals surface area contributed by atoms with E-state index in [0.717, 1.165) is 6.42 Å². The van der Waals surface area contributed by atoms with Gasteiger partial charge in [0.25, 0.3) is 0 Å². The summed E-state index contributed by atoms with van der Waals surface area (Å²) in [4.78, 5) is 12.7. The molecule has 0 bridgehead atoms. The molecule has 1 fully saturated rings. The van der Waals surface area contributed by atoms with E-state index in [4.69, 9.17) is 9.26 Å². The molecule has 0 radical (unpaired) electrons. The van der Waals surface area contributed by atoms with Crippen LogP contribution in [0.1, 0.15) is 59.6 Å². The fourth-order valence-electron chi connectivity index (χ4n) is 3.92. The van der Waals surface area contributed by atoms with Crippen LogP contribution in [-0.2, 0) is 13.8 Å². The topological polar surface area (TPSA) is 132 Å². The molecule has 2 aromatic heterocycles. The second kappa shape index (κ2) is 9.92. The molecule has 0 aliphatic carbocycles. The van der Waals surface area contributed by atoms with E-state index >= 15 is 0 Å². The average Bonchev–Trinajstić information content (AvgIpc) is 3.34. The third kappa shape index (κ3) is 4.64. The normalized spacial score (nSPS) is 26.3. The fourth-order valence-corrected chi connectivity index (χ4v) is 5.25. The van der Waals surface area contributed by atoms with Gasteiger partial charge in [0.1, 0.15) is 24.1 Å². The molecule has 3 rings (SSSR count). The predicted molar refractivity (Wildman–Crippen MR) is 119 cm³/mol. The maximum absolute atomic E-state index is 12.7. The lowest BCUT2D eigenvalue weighted by atomic mass is 9.88. The Hall–Kier alpha value is -1.58. The van der Waals surface area contributed by atoms with Crippen LogP contribution in [0, 0.1) is 0 Å². The Morgan fingerprint density at radius 1 is 1.26 bits per heavy atom. The van der Waals surface area contributed by atoms with Crippen molar-refractivity contribution in [1.29, 1.82) is 0 Å². The van der Waals surface area contributed by atoms with Crippen molar-refractivity contribution in [3.8, 4) is 0 Å². The molecule has 0 spiro atoms. The largest absolute Gasteiger partial charge is 0.388 e. The number of nitrogens with zero attached hydrogens (tertiary/aromatic N) is 4. The minimum absolute atomic E-state index is 0.0198. The van der Waals surface area contributed by atoms with Crippen LogP contribution in [0.5, 0.6) is 0 Å². The number of imidazole rings is 1. The molecule has 0 amide bonds. The first-order valence-corrected chi connectivity index (χ1v) is 12.3. The van der Waals surface area contributed by atoms with Gasteiger partial charge in [0.2, 0.25) is 0 Å². The number of ether oxygens (including phenoxy) is 1. The monoisotopic (exact) mass is 455 g/mol. The van der Waals surface area contributed by atoms with Crippen molar-refractivity contribution < 1.29 is 24.0 Å². The minimum atomic E-state index is -2.25. The standard InChI is InChI=1S/C20H34N5O5P/c1-6-12(4)31(28)30-20(7-2,8-3)9-13-15(26)16(27)19(29-13)25-11-24-14-17(21-5)22-10-23-18(14)25/h10-13,15-16,19,26-27,31H,6-9H2,1-5H3,(H,21,22,23)/t12?,13-,15?,16-,19?/m1/s1. The lowest BCUT2D eigenvalue weighted by molar-refractivity contribution is -0.0674. The molecule has 10 nitrogen and oxygen atoms in total. The number of anilines is 1. The minimum Gasteiger partial charge on any atom is -0.388 e. The quantitative estimate of drug-likeness (QED) is 0.463. The molecule has 3 N–H and O–H groups in total. The van der Waals surface area contributed by atoms with E-state index in [2.05, 4.69) is 20.3 Å². The molecule has 174 valence electrons. The van der Waals surface area contributed by atoms with Crippen molar-refractivity contribution in [2.45, 2.75) is 89.2 Å². The zero-order valence-corrected chi connectivity index (χ0v) is 19.8. The summed E-state index contributed by atoms with van der Waals surface area (Å²) in [6, 6.07) is 0. The molecule has 1 aliphatic heterocycles. The first-order valence-electron chi connectivity index (χ1n) is 10.9. The van der Waals surface area contributed by atoms with Gasteiger partial charge in [-0.3, -0.25) is 9.13 Å². The van der Waals surface area contributed by atoms with E-state index in [-0.39, 0.29) is 5.66 Å². The summed E-state index contributed by atoms with van der Waals surface area (Å²) in [5.74, 6) is 0.563. The van der Waals surface area contributed by atoms with Crippen LogP contribution in [0.4, 0.5) is 5.82 Å². The molecule has 3 heterocycles. The molecule has 1 saturated heterocycles. The third-order valence-corrected chi connectivity index (χ3v) is 8.25. The third-order valence-electron chi connectivity index (χ3n) is 6.40. The summed E-state index contributed by atoms with van der Waals surface area (Å²) in [5, 5.41) is 24.5. The highest BCUT2D eigenvalue weighted by molar-refractivity contribution is 7.40. The van der Waals surface area contributed by atoms with Gasteiger partial charge in [-0.15, -0.1) is 0 Å². The molecule has 2 aromatic rings. The predicted octanol–water partition coefficient (Wildman–Crippen LogP) is 2.73. The van der Waals surface area contributed by atoms with Gasteiger partial charge < -0.3 is 24.8 Å². The molecule has 0 saturated carbocycles. The lowest BCUT2D eigenvalue weighted by Crippen LogP contribution is -2.39. The molecule has 31 heavy (non-hydrogen) atoms. The van der Waals surface area contributed by atoms with Crippen LogP contribution in [0.3, 0.4) is 0 Å². The van der Waals surface area contributed by atoms with Crippen molar-refractivity contribution in [3.05, 3.63) is 12.7 Å². The molecule has 4 unspecified atom stereocenters. The number of hydrogen-bond donors (Lipinski definition) is 3. The molecular formula is C20H34N5O5P. The number of aromatic nitrogens is 4. The van der Waals surface area contributed by atoms with Crippen molar-refractivity contribution in [3.63, 3.8) is 0 Å². The summed E-state index contributed by atoms with van der Waals surface area (Å²) < 4.78 is 26.5. The maximum Gasteiger partial charge on any atom is 0.194 e. The smallest absolute Gasteiger partial charge is 0.194 e. The van der Waals surface area contributed by atoms with E-state index in [0.29, 0.717) is 36.2 Å². The first kappa shape index (κ1) is 24.1. The summed E-state index contributed by atoms with van der Waals surface area (Å²) >= 11 is 0. The summed E-state index contributed by atoms with van der Waals surface area (Å²) in [5.41, 5.74) is 0.323. The van der Waals surface area contributed by atoms with Crippen LogP contribution < -0.4 is 5.32 Å². The van der Waals surface area contributed by atoms with Gasteiger partial charge >= 0.3 is 0 Å². The Kier molecular flexibility index (Phi) is 7.70. The first-order chi connectivity index (χ1) is 14.8. The van der Waals surface area contributed by atoms with Gasteiger partial charge in [0.15, 0.2) is 25.7 Å². The number of rotatable bonds is 10. The highest BCUT2D eigenvalue weighted by atomic mass is 31.1. The highest BCUT2D eigenvalue weighted by Gasteiger charge is 2.48. The van der Waals surface area contributed by atoms with Crippen LogP contribution in [-0.4, -0.2) is 66.4 Å². The number of fused-ring (bicyclic) bond motifs is 1. The SMILES string of the molecule is CCC(C)[PH](=O)OC(CC)(CC)C[C@H]1OC(n2cnc3c(NC)ncnc32)[C@H](O)C1O. The van der Waals surface area contributed by atoms with Crippen LogP contribution >= 0.6 is 8.03 Å². The van der Waals surface area contributed by atoms with Crippen molar-refractivity contribution in [2.75, 3.05) is 12.4 Å². The Morgan fingerprint density at radius 3 is 2.58 bits per heavy atom.